The van der Waals surface area contributed by atoms with E-state index in [0.29, 0.717) is 11.3 Å². The van der Waals surface area contributed by atoms with Gasteiger partial charge in [-0.1, -0.05) is 11.6 Å². The molecule has 2 amide bonds. The van der Waals surface area contributed by atoms with Gasteiger partial charge in [-0.3, -0.25) is 4.79 Å². The number of hydrogen-bond donors (Lipinski definition) is 2. The molecule has 0 radical (unpaired) electrons. The van der Waals surface area contributed by atoms with E-state index in [-0.39, 0.29) is 34.7 Å². The average molecular weight is 438 g/mol. The number of likely N-dealkylation sites (N-methyl/N-ethyl adjacent to an activating group) is 1. The second-order valence-electron chi connectivity index (χ2n) is 6.86. The van der Waals surface area contributed by atoms with E-state index < -0.39 is 35.1 Å². The molecule has 2 N–H and O–H groups in total. The van der Waals surface area contributed by atoms with Gasteiger partial charge in [0.1, 0.15) is 5.82 Å². The van der Waals surface area contributed by atoms with Crippen LogP contribution < -0.4 is 10.9 Å². The molecule has 1 atom stereocenters. The first-order valence-corrected chi connectivity index (χ1v) is 9.24. The zero-order chi connectivity index (χ0) is 21.6. The fourth-order valence-corrected chi connectivity index (χ4v) is 3.59. The highest BCUT2D eigenvalue weighted by molar-refractivity contribution is 6.30. The van der Waals surface area contributed by atoms with Crippen LogP contribution in [0.2, 0.25) is 5.02 Å². The zero-order valence-electron chi connectivity index (χ0n) is 15.6. The van der Waals surface area contributed by atoms with Gasteiger partial charge < -0.3 is 19.9 Å². The topological polar surface area (TPSA) is 74.4 Å². The Kier molecular flexibility index (Phi) is 5.17. The SMILES string of the molecule is CN(C(=O)Nc1ccc(Cl)c(F)c1)C1COCc2[nH]c(=O)c3cc(F)c(F)cc3c21. The van der Waals surface area contributed by atoms with E-state index in [4.69, 9.17) is 16.3 Å². The van der Waals surface area contributed by atoms with E-state index in [2.05, 4.69) is 10.3 Å². The predicted octanol–water partition coefficient (Wildman–Crippen LogP) is 4.33. The largest absolute Gasteiger partial charge is 0.373 e. The normalized spacial score (nSPS) is 15.7. The van der Waals surface area contributed by atoms with Crippen LogP contribution in [0.15, 0.2) is 35.1 Å². The first kappa shape index (κ1) is 20.2. The van der Waals surface area contributed by atoms with Crippen molar-refractivity contribution >= 4 is 34.1 Å². The van der Waals surface area contributed by atoms with Crippen LogP contribution in [0, 0.1) is 17.5 Å². The summed E-state index contributed by atoms with van der Waals surface area (Å²) < 4.78 is 46.8. The number of fused-ring (bicyclic) bond motifs is 3. The molecular weight excluding hydrogens is 423 g/mol. The molecule has 0 bridgehead atoms. The summed E-state index contributed by atoms with van der Waals surface area (Å²) in [5, 5.41) is 2.62. The Labute approximate surface area is 173 Å². The number of aromatic nitrogens is 1. The van der Waals surface area contributed by atoms with Crippen LogP contribution in [-0.4, -0.2) is 29.6 Å². The van der Waals surface area contributed by atoms with Crippen molar-refractivity contribution in [2.45, 2.75) is 12.6 Å². The van der Waals surface area contributed by atoms with Gasteiger partial charge in [0.2, 0.25) is 0 Å². The third-order valence-corrected chi connectivity index (χ3v) is 5.31. The first-order valence-electron chi connectivity index (χ1n) is 8.86. The number of nitrogens with one attached hydrogen (secondary N) is 2. The van der Waals surface area contributed by atoms with Crippen LogP contribution in [0.3, 0.4) is 0 Å². The summed E-state index contributed by atoms with van der Waals surface area (Å²) in [6.45, 7) is 0.111. The maximum atomic E-state index is 13.9. The molecule has 2 aromatic carbocycles. The maximum absolute atomic E-state index is 13.9. The summed E-state index contributed by atoms with van der Waals surface area (Å²) in [5.41, 5.74) is 0.419. The highest BCUT2D eigenvalue weighted by atomic mass is 35.5. The van der Waals surface area contributed by atoms with E-state index >= 15 is 0 Å². The van der Waals surface area contributed by atoms with Crippen molar-refractivity contribution in [2.24, 2.45) is 0 Å². The Morgan fingerprint density at radius 2 is 1.87 bits per heavy atom. The van der Waals surface area contributed by atoms with Crippen LogP contribution in [0.4, 0.5) is 23.7 Å². The molecule has 4 rings (SSSR count). The van der Waals surface area contributed by atoms with Crippen molar-refractivity contribution in [2.75, 3.05) is 19.0 Å². The molecule has 3 aromatic rings. The van der Waals surface area contributed by atoms with Gasteiger partial charge in [0.25, 0.3) is 5.56 Å². The molecular formula is C20H15ClF3N3O3. The minimum absolute atomic E-state index is 0.0341. The lowest BCUT2D eigenvalue weighted by molar-refractivity contribution is 0.0527. The number of anilines is 1. The molecule has 0 saturated carbocycles. The monoisotopic (exact) mass is 437 g/mol. The second-order valence-corrected chi connectivity index (χ2v) is 7.27. The van der Waals surface area contributed by atoms with Gasteiger partial charge in [-0.25, -0.2) is 18.0 Å². The zero-order valence-corrected chi connectivity index (χ0v) is 16.3. The van der Waals surface area contributed by atoms with Gasteiger partial charge in [-0.05, 0) is 35.7 Å². The van der Waals surface area contributed by atoms with E-state index in [0.717, 1.165) is 18.2 Å². The number of amides is 2. The van der Waals surface area contributed by atoms with Crippen molar-refractivity contribution in [3.05, 3.63) is 74.4 Å². The molecule has 6 nitrogen and oxygen atoms in total. The van der Waals surface area contributed by atoms with Crippen molar-refractivity contribution < 1.29 is 22.7 Å². The lowest BCUT2D eigenvalue weighted by Crippen LogP contribution is -2.39. The summed E-state index contributed by atoms with van der Waals surface area (Å²) >= 11 is 5.65. The van der Waals surface area contributed by atoms with Crippen molar-refractivity contribution in [3.63, 3.8) is 0 Å². The number of hydrogen-bond acceptors (Lipinski definition) is 3. The number of ether oxygens (including phenoxy) is 1. The standard InChI is InChI=1S/C20H15ClF3N3O3/c1-27(20(29)25-9-2-3-12(21)13(22)4-9)17-8-30-7-16-18(17)10-5-14(23)15(24)6-11(10)19(28)26-16/h2-6,17H,7-8H2,1H3,(H,25,29)(H,26,28). The molecule has 156 valence electrons. The fraction of sp³-hybridized carbons (Fsp3) is 0.200. The molecule has 0 fully saturated rings. The lowest BCUT2D eigenvalue weighted by atomic mass is 9.95. The number of benzene rings is 2. The predicted molar refractivity (Wildman–Crippen MR) is 105 cm³/mol. The molecule has 0 aliphatic carbocycles. The van der Waals surface area contributed by atoms with Crippen LogP contribution >= 0.6 is 11.6 Å². The number of H-pyrrole nitrogens is 1. The van der Waals surface area contributed by atoms with Gasteiger partial charge in [-0.15, -0.1) is 0 Å². The molecule has 30 heavy (non-hydrogen) atoms. The first-order chi connectivity index (χ1) is 14.3. The Hall–Kier alpha value is -3.04. The molecule has 0 spiro atoms. The summed E-state index contributed by atoms with van der Waals surface area (Å²) in [5.74, 6) is -2.94. The molecule has 0 saturated heterocycles. The quantitative estimate of drug-likeness (QED) is 0.626. The second kappa shape index (κ2) is 7.66. The molecule has 10 heteroatoms. The van der Waals surface area contributed by atoms with E-state index in [1.54, 1.807) is 0 Å². The number of aromatic amines is 1. The number of carbonyl (C=O) groups excluding carboxylic acids is 1. The average Bonchev–Trinajstić information content (AvgIpc) is 2.71. The van der Waals surface area contributed by atoms with Gasteiger partial charge in [-0.2, -0.15) is 0 Å². The number of halogens is 4. The smallest absolute Gasteiger partial charge is 0.322 e. The number of rotatable bonds is 2. The maximum Gasteiger partial charge on any atom is 0.322 e. The molecule has 1 aliphatic heterocycles. The van der Waals surface area contributed by atoms with Gasteiger partial charge in [0.05, 0.1) is 29.7 Å². The summed E-state index contributed by atoms with van der Waals surface area (Å²) in [7, 11) is 1.47. The van der Waals surface area contributed by atoms with Gasteiger partial charge in [0.15, 0.2) is 11.6 Å². The van der Waals surface area contributed by atoms with E-state index in [1.165, 1.54) is 24.1 Å². The van der Waals surface area contributed by atoms with Crippen LogP contribution in [0.5, 0.6) is 0 Å². The number of pyridine rings is 1. The highest BCUT2D eigenvalue weighted by Gasteiger charge is 2.31. The Bertz CT molecular complexity index is 1230. The minimum Gasteiger partial charge on any atom is -0.373 e. The van der Waals surface area contributed by atoms with Gasteiger partial charge in [0, 0.05) is 24.0 Å². The summed E-state index contributed by atoms with van der Waals surface area (Å²) in [4.78, 5) is 28.9. The third-order valence-electron chi connectivity index (χ3n) is 5.00. The number of nitrogens with zero attached hydrogens (tertiary/aromatic N) is 1. The van der Waals surface area contributed by atoms with Crippen molar-refractivity contribution in [3.8, 4) is 0 Å². The molecule has 1 aromatic heterocycles. The van der Waals surface area contributed by atoms with Crippen LogP contribution in [-0.2, 0) is 11.3 Å². The molecule has 1 aliphatic rings. The summed E-state index contributed by atoms with van der Waals surface area (Å²) in [6, 6.07) is 4.28. The molecule has 1 unspecified atom stereocenters. The molecule has 2 heterocycles. The van der Waals surface area contributed by atoms with Crippen molar-refractivity contribution in [1.82, 2.24) is 9.88 Å². The van der Waals surface area contributed by atoms with E-state index in [1.807, 2.05) is 0 Å². The Balaban J connectivity index is 1.73. The highest BCUT2D eigenvalue weighted by Crippen LogP contribution is 2.34. The van der Waals surface area contributed by atoms with E-state index in [9.17, 15) is 22.8 Å². The lowest BCUT2D eigenvalue weighted by Gasteiger charge is -2.33. The number of carbonyl (C=O) groups is 1. The third kappa shape index (κ3) is 3.50. The van der Waals surface area contributed by atoms with Crippen LogP contribution in [0.1, 0.15) is 17.3 Å². The van der Waals surface area contributed by atoms with Crippen LogP contribution in [0.25, 0.3) is 10.8 Å². The fourth-order valence-electron chi connectivity index (χ4n) is 3.47. The van der Waals surface area contributed by atoms with Gasteiger partial charge >= 0.3 is 6.03 Å². The van der Waals surface area contributed by atoms with Crippen molar-refractivity contribution in [1.29, 1.82) is 0 Å². The number of urea groups is 1. The Morgan fingerprint density at radius 3 is 2.57 bits per heavy atom. The Morgan fingerprint density at radius 1 is 1.17 bits per heavy atom. The summed E-state index contributed by atoms with van der Waals surface area (Å²) in [6.07, 6.45) is 0. The minimum atomic E-state index is -1.15.